The number of thiophene rings is 1. The predicted molar refractivity (Wildman–Crippen MR) is 102 cm³/mol. The van der Waals surface area contributed by atoms with Crippen molar-refractivity contribution in [2.24, 2.45) is 5.10 Å². The molecular weight excluding hydrogens is 332 g/mol. The number of hydrogen-bond acceptors (Lipinski definition) is 4. The van der Waals surface area contributed by atoms with Crippen LogP contribution >= 0.6 is 11.3 Å². The molecule has 1 amide bonds. The number of carbonyl (C=O) groups excluding carboxylic acids is 1. The van der Waals surface area contributed by atoms with E-state index in [-0.39, 0.29) is 12.5 Å². The number of rotatable bonds is 6. The molecule has 126 valence electrons. The first-order chi connectivity index (χ1) is 12.2. The molecule has 0 saturated carbocycles. The Bertz CT molecular complexity index is 855. The van der Waals surface area contributed by atoms with E-state index < -0.39 is 0 Å². The minimum Gasteiger partial charge on any atom is -0.484 e. The fourth-order valence-corrected chi connectivity index (χ4v) is 3.00. The lowest BCUT2D eigenvalue weighted by Crippen LogP contribution is -2.24. The molecule has 4 nitrogen and oxygen atoms in total. The Labute approximate surface area is 150 Å². The van der Waals surface area contributed by atoms with Crippen molar-refractivity contribution in [1.82, 2.24) is 5.43 Å². The Kier molecular flexibility index (Phi) is 5.59. The van der Waals surface area contributed by atoms with Crippen LogP contribution in [0.1, 0.15) is 9.75 Å². The first-order valence-electron chi connectivity index (χ1n) is 7.87. The fourth-order valence-electron chi connectivity index (χ4n) is 2.25. The second-order valence-corrected chi connectivity index (χ2v) is 6.74. The van der Waals surface area contributed by atoms with Gasteiger partial charge in [0.25, 0.3) is 5.91 Å². The van der Waals surface area contributed by atoms with Crippen LogP contribution in [0.15, 0.2) is 71.8 Å². The summed E-state index contributed by atoms with van der Waals surface area (Å²) < 4.78 is 5.48. The number of carbonyl (C=O) groups is 1. The molecule has 0 aliphatic carbocycles. The van der Waals surface area contributed by atoms with Crippen molar-refractivity contribution in [2.45, 2.75) is 6.92 Å². The van der Waals surface area contributed by atoms with Gasteiger partial charge in [0.15, 0.2) is 6.61 Å². The highest BCUT2D eigenvalue weighted by atomic mass is 32.1. The summed E-state index contributed by atoms with van der Waals surface area (Å²) in [6.45, 7) is 1.95. The van der Waals surface area contributed by atoms with Gasteiger partial charge in [-0.15, -0.1) is 11.3 Å². The monoisotopic (exact) mass is 350 g/mol. The molecule has 0 aliphatic heterocycles. The van der Waals surface area contributed by atoms with Gasteiger partial charge in [0.1, 0.15) is 5.75 Å². The molecule has 0 bridgehead atoms. The van der Waals surface area contributed by atoms with Gasteiger partial charge in [-0.3, -0.25) is 4.79 Å². The van der Waals surface area contributed by atoms with Gasteiger partial charge in [-0.05, 0) is 42.3 Å². The third-order valence-corrected chi connectivity index (χ3v) is 4.41. The molecule has 1 N–H and O–H groups in total. The van der Waals surface area contributed by atoms with Crippen molar-refractivity contribution < 1.29 is 9.53 Å². The second-order valence-electron chi connectivity index (χ2n) is 5.42. The zero-order valence-electron chi connectivity index (χ0n) is 13.8. The van der Waals surface area contributed by atoms with E-state index in [1.54, 1.807) is 17.6 Å². The Balaban J connectivity index is 1.48. The predicted octanol–water partition coefficient (Wildman–Crippen LogP) is 4.25. The Morgan fingerprint density at radius 1 is 1.04 bits per heavy atom. The van der Waals surface area contributed by atoms with E-state index in [0.717, 1.165) is 16.0 Å². The maximum absolute atomic E-state index is 11.8. The minimum absolute atomic E-state index is 0.0779. The minimum atomic E-state index is -0.295. The van der Waals surface area contributed by atoms with Crippen LogP contribution in [-0.4, -0.2) is 18.7 Å². The highest BCUT2D eigenvalue weighted by molar-refractivity contribution is 7.13. The maximum atomic E-state index is 11.8. The quantitative estimate of drug-likeness (QED) is 0.534. The molecule has 0 fully saturated rings. The van der Waals surface area contributed by atoms with E-state index in [1.807, 2.05) is 61.5 Å². The average molecular weight is 350 g/mol. The Morgan fingerprint density at radius 2 is 1.76 bits per heavy atom. The molecule has 0 aliphatic rings. The summed E-state index contributed by atoms with van der Waals surface area (Å²) in [5.41, 5.74) is 4.71. The number of ether oxygens (including phenoxy) is 1. The van der Waals surface area contributed by atoms with Gasteiger partial charge in [0, 0.05) is 9.75 Å². The number of nitrogens with one attached hydrogen (secondary N) is 1. The zero-order chi connectivity index (χ0) is 17.5. The molecule has 0 spiro atoms. The van der Waals surface area contributed by atoms with E-state index in [1.165, 1.54) is 4.88 Å². The molecule has 3 aromatic rings. The number of benzene rings is 2. The van der Waals surface area contributed by atoms with Crippen LogP contribution in [0.2, 0.25) is 0 Å². The van der Waals surface area contributed by atoms with Crippen molar-refractivity contribution in [3.05, 3.63) is 76.5 Å². The molecule has 25 heavy (non-hydrogen) atoms. The molecule has 1 aromatic heterocycles. The molecular formula is C20H18N2O2S. The zero-order valence-corrected chi connectivity index (χ0v) is 14.6. The van der Waals surface area contributed by atoms with Gasteiger partial charge in [-0.1, -0.05) is 42.5 Å². The fraction of sp³-hybridized carbons (Fsp3) is 0.100. The van der Waals surface area contributed by atoms with E-state index in [4.69, 9.17) is 4.74 Å². The summed E-state index contributed by atoms with van der Waals surface area (Å²) in [4.78, 5) is 14.0. The second kappa shape index (κ2) is 8.26. The van der Waals surface area contributed by atoms with Crippen molar-refractivity contribution in [3.63, 3.8) is 0 Å². The lowest BCUT2D eigenvalue weighted by atomic mass is 10.1. The summed E-state index contributed by atoms with van der Waals surface area (Å²) in [7, 11) is 0. The van der Waals surface area contributed by atoms with Crippen LogP contribution in [0.3, 0.4) is 0 Å². The van der Waals surface area contributed by atoms with E-state index >= 15 is 0 Å². The molecule has 0 radical (unpaired) electrons. The SMILES string of the molecule is Cc1ccc(/C=N/NC(=O)COc2ccc(-c3ccccc3)cc2)s1. The first-order valence-corrected chi connectivity index (χ1v) is 8.69. The van der Waals surface area contributed by atoms with Crippen LogP contribution < -0.4 is 10.2 Å². The van der Waals surface area contributed by atoms with Crippen molar-refractivity contribution >= 4 is 23.5 Å². The number of amides is 1. The third kappa shape index (κ3) is 5.02. The summed E-state index contributed by atoms with van der Waals surface area (Å²) in [6, 6.07) is 21.7. The molecule has 0 atom stereocenters. The largest absolute Gasteiger partial charge is 0.484 e. The van der Waals surface area contributed by atoms with Gasteiger partial charge in [-0.25, -0.2) is 5.43 Å². The van der Waals surface area contributed by atoms with Crippen LogP contribution in [0.5, 0.6) is 5.75 Å². The highest BCUT2D eigenvalue weighted by Crippen LogP contribution is 2.21. The number of nitrogens with zero attached hydrogens (tertiary/aromatic N) is 1. The number of hydrogen-bond donors (Lipinski definition) is 1. The smallest absolute Gasteiger partial charge is 0.277 e. The van der Waals surface area contributed by atoms with Crippen LogP contribution in [0, 0.1) is 6.92 Å². The van der Waals surface area contributed by atoms with Gasteiger partial charge in [0.2, 0.25) is 0 Å². The summed E-state index contributed by atoms with van der Waals surface area (Å²) in [5, 5.41) is 3.93. The maximum Gasteiger partial charge on any atom is 0.277 e. The van der Waals surface area contributed by atoms with Gasteiger partial charge in [-0.2, -0.15) is 5.10 Å². The van der Waals surface area contributed by atoms with Crippen molar-refractivity contribution in [1.29, 1.82) is 0 Å². The Morgan fingerprint density at radius 3 is 2.44 bits per heavy atom. The molecule has 0 unspecified atom stereocenters. The summed E-state index contributed by atoms with van der Waals surface area (Å²) in [6.07, 6.45) is 1.63. The van der Waals surface area contributed by atoms with E-state index in [0.29, 0.717) is 5.75 Å². The van der Waals surface area contributed by atoms with Crippen LogP contribution in [-0.2, 0) is 4.79 Å². The number of aryl methyl sites for hydroxylation is 1. The van der Waals surface area contributed by atoms with Crippen LogP contribution in [0.4, 0.5) is 0 Å². The Hall–Kier alpha value is -2.92. The van der Waals surface area contributed by atoms with Crippen molar-refractivity contribution in [2.75, 3.05) is 6.61 Å². The topological polar surface area (TPSA) is 50.7 Å². The van der Waals surface area contributed by atoms with Gasteiger partial charge >= 0.3 is 0 Å². The van der Waals surface area contributed by atoms with Crippen molar-refractivity contribution in [3.8, 4) is 16.9 Å². The van der Waals surface area contributed by atoms with E-state index in [9.17, 15) is 4.79 Å². The molecule has 3 rings (SSSR count). The van der Waals surface area contributed by atoms with Gasteiger partial charge in [0.05, 0.1) is 6.21 Å². The lowest BCUT2D eigenvalue weighted by Gasteiger charge is -2.06. The summed E-state index contributed by atoms with van der Waals surface area (Å²) >= 11 is 1.62. The third-order valence-electron chi connectivity index (χ3n) is 3.47. The summed E-state index contributed by atoms with van der Waals surface area (Å²) in [5.74, 6) is 0.351. The van der Waals surface area contributed by atoms with Gasteiger partial charge < -0.3 is 4.74 Å². The normalized spacial score (nSPS) is 10.8. The first kappa shape index (κ1) is 16.9. The highest BCUT2D eigenvalue weighted by Gasteiger charge is 2.02. The lowest BCUT2D eigenvalue weighted by molar-refractivity contribution is -0.123. The molecule has 2 aromatic carbocycles. The number of hydrazone groups is 1. The standard InChI is InChI=1S/C20H18N2O2S/c1-15-7-12-19(25-15)13-21-22-20(23)14-24-18-10-8-17(9-11-18)16-5-3-2-4-6-16/h2-13H,14H2,1H3,(H,22,23)/b21-13+. The molecule has 1 heterocycles. The molecule has 0 saturated heterocycles. The van der Waals surface area contributed by atoms with E-state index in [2.05, 4.69) is 22.7 Å². The molecule has 5 heteroatoms. The van der Waals surface area contributed by atoms with Crippen LogP contribution in [0.25, 0.3) is 11.1 Å². The average Bonchev–Trinajstić information content (AvgIpc) is 3.06.